The summed E-state index contributed by atoms with van der Waals surface area (Å²) in [5.74, 6) is -3.52. The molecule has 1 aromatic carbocycles. The minimum atomic E-state index is -4.34. The number of ether oxygens (including phenoxy) is 3. The largest absolute Gasteiger partial charge is 0.478 e. The van der Waals surface area contributed by atoms with Crippen LogP contribution in [-0.4, -0.2) is 65.9 Å². The molecule has 2 N–H and O–H groups in total. The molecule has 0 bridgehead atoms. The van der Waals surface area contributed by atoms with Crippen LogP contribution in [-0.2, 0) is 48.6 Å². The zero-order chi connectivity index (χ0) is 28.0. The number of carboxylic acids is 1. The molecule has 0 spiro atoms. The van der Waals surface area contributed by atoms with E-state index in [0.717, 1.165) is 30.7 Å². The number of aliphatic carboxylic acids is 1. The molecule has 4 atom stereocenters. The number of hydrogen-bond donors (Lipinski definition) is 2. The predicted molar refractivity (Wildman–Crippen MR) is 128 cm³/mol. The van der Waals surface area contributed by atoms with E-state index in [0.29, 0.717) is 11.6 Å². The Kier molecular flexibility index (Phi) is 8.98. The zero-order valence-corrected chi connectivity index (χ0v) is 21.0. The number of carbonyl (C=O) groups excluding carboxylic acids is 2. The third kappa shape index (κ3) is 7.47. The maximum absolute atomic E-state index is 12.9. The van der Waals surface area contributed by atoms with Gasteiger partial charge in [0, 0.05) is 26.1 Å². The molecule has 1 saturated heterocycles. The summed E-state index contributed by atoms with van der Waals surface area (Å²) in [5, 5.41) is 8.86. The predicted octanol–water partition coefficient (Wildman–Crippen LogP) is -0.0582. The summed E-state index contributed by atoms with van der Waals surface area (Å²) in [6, 6.07) is 8.06. The van der Waals surface area contributed by atoms with Gasteiger partial charge in [-0.25, -0.2) is 9.59 Å². The van der Waals surface area contributed by atoms with Crippen LogP contribution < -0.4 is 11.2 Å². The van der Waals surface area contributed by atoms with Gasteiger partial charge in [0.1, 0.15) is 24.6 Å². The number of rotatable bonds is 10. The third-order valence-corrected chi connectivity index (χ3v) is 6.36. The molecule has 3 rings (SSSR count). The number of nitrogens with one attached hydrogen (secondary N) is 1. The summed E-state index contributed by atoms with van der Waals surface area (Å²) in [4.78, 5) is 61.0. The Morgan fingerprint density at radius 2 is 1.79 bits per heavy atom. The summed E-state index contributed by atoms with van der Waals surface area (Å²) in [6.45, 7) is 1.60. The second-order valence-electron chi connectivity index (χ2n) is 8.11. The smallest absolute Gasteiger partial charge is 0.330 e. The molecule has 204 valence electrons. The molecule has 0 radical (unpaired) electrons. The van der Waals surface area contributed by atoms with Crippen molar-refractivity contribution in [3.05, 3.63) is 74.6 Å². The van der Waals surface area contributed by atoms with Crippen LogP contribution in [0, 0.1) is 0 Å². The maximum Gasteiger partial charge on any atom is 0.330 e. The van der Waals surface area contributed by atoms with Crippen molar-refractivity contribution in [1.29, 1.82) is 0 Å². The molecule has 38 heavy (non-hydrogen) atoms. The Balaban J connectivity index is 2.05. The molecular weight excluding hydrogens is 528 g/mol. The van der Waals surface area contributed by atoms with E-state index in [9.17, 15) is 32.4 Å². The van der Waals surface area contributed by atoms with E-state index in [1.807, 2.05) is 4.98 Å². The van der Waals surface area contributed by atoms with Crippen LogP contribution >= 0.6 is 0 Å². The molecule has 0 amide bonds. The zero-order valence-electron chi connectivity index (χ0n) is 20.1. The van der Waals surface area contributed by atoms with E-state index in [4.69, 9.17) is 23.5 Å². The summed E-state index contributed by atoms with van der Waals surface area (Å²) >= 11 is 0. The summed E-state index contributed by atoms with van der Waals surface area (Å²) in [5.41, 5.74) is -1.82. The van der Waals surface area contributed by atoms with E-state index in [-0.39, 0.29) is 5.56 Å². The molecule has 0 unspecified atom stereocenters. The molecule has 1 fully saturated rings. The van der Waals surface area contributed by atoms with Crippen molar-refractivity contribution in [2.45, 2.75) is 44.1 Å². The number of aromatic nitrogens is 2. The average Bonchev–Trinajstić information content (AvgIpc) is 3.12. The monoisotopic (exact) mass is 552 g/mol. The molecule has 1 aliphatic rings. The number of H-pyrrole nitrogens is 1. The van der Waals surface area contributed by atoms with E-state index in [2.05, 4.69) is 0 Å². The van der Waals surface area contributed by atoms with Gasteiger partial charge in [0.05, 0.1) is 5.56 Å². The van der Waals surface area contributed by atoms with Gasteiger partial charge in [0.15, 0.2) is 12.3 Å². The van der Waals surface area contributed by atoms with E-state index < -0.39 is 76.2 Å². The van der Waals surface area contributed by atoms with Crippen LogP contribution in [0.25, 0.3) is 6.08 Å². The Morgan fingerprint density at radius 1 is 1.11 bits per heavy atom. The highest BCUT2D eigenvalue weighted by molar-refractivity contribution is 7.85. The van der Waals surface area contributed by atoms with Crippen molar-refractivity contribution in [1.82, 2.24) is 9.55 Å². The highest BCUT2D eigenvalue weighted by Crippen LogP contribution is 2.35. The van der Waals surface area contributed by atoms with Gasteiger partial charge in [0.25, 0.3) is 15.7 Å². The molecule has 2 aromatic rings. The number of nitrogens with zero attached hydrogens (tertiary/aromatic N) is 1. The molecule has 1 aromatic heterocycles. The molecular formula is C23H24N2O12S. The second kappa shape index (κ2) is 12.0. The molecule has 2 heterocycles. The lowest BCUT2D eigenvalue weighted by atomic mass is 10.1. The van der Waals surface area contributed by atoms with Crippen molar-refractivity contribution < 1.29 is 46.3 Å². The van der Waals surface area contributed by atoms with Crippen LogP contribution in [0.3, 0.4) is 0 Å². The van der Waals surface area contributed by atoms with E-state index in [1.165, 1.54) is 0 Å². The standard InChI is InChI=1S/C23H24N2O12S/c1-13(26)34-11-17-19(37-38(32,33)12-15-6-4-3-5-7-15)20(35-14(2)27)22(36-17)25-10-16(8-9-18(28)29)21(30)24-23(25)31/h3-10,17,19-20,22H,11-12H2,1-2H3,(H,28,29)(H,24,30,31)/t17-,19+,20-,22-/m1/s1. The lowest BCUT2D eigenvalue weighted by molar-refractivity contribution is -0.155. The molecule has 0 aliphatic carbocycles. The SMILES string of the molecule is CC(=O)OC[C@H]1O[C@@H](n2cc(C=CC(=O)O)c(=O)[nH]c2=O)[C@H](OC(C)=O)[C@H]1OS(=O)(=O)Cc1ccccc1. The first kappa shape index (κ1) is 28.5. The van der Waals surface area contributed by atoms with Gasteiger partial charge in [-0.2, -0.15) is 8.42 Å². The number of hydrogen-bond acceptors (Lipinski definition) is 11. The molecule has 1 aliphatic heterocycles. The van der Waals surface area contributed by atoms with Crippen molar-refractivity contribution >= 4 is 34.1 Å². The number of carbonyl (C=O) groups is 3. The first-order chi connectivity index (χ1) is 17.9. The Labute approximate surface area is 215 Å². The van der Waals surface area contributed by atoms with Crippen LogP contribution in [0.1, 0.15) is 31.2 Å². The fraction of sp³-hybridized carbons (Fsp3) is 0.348. The van der Waals surface area contributed by atoms with Crippen LogP contribution in [0.2, 0.25) is 0 Å². The topological polar surface area (TPSA) is 197 Å². The Morgan fingerprint density at radius 3 is 2.39 bits per heavy atom. The van der Waals surface area contributed by atoms with Gasteiger partial charge in [-0.05, 0) is 11.6 Å². The Hall–Kier alpha value is -4.08. The van der Waals surface area contributed by atoms with Crippen LogP contribution in [0.4, 0.5) is 0 Å². The van der Waals surface area contributed by atoms with Gasteiger partial charge in [-0.3, -0.25) is 28.1 Å². The van der Waals surface area contributed by atoms with Crippen molar-refractivity contribution in [3.63, 3.8) is 0 Å². The summed E-state index contributed by atoms with van der Waals surface area (Å²) in [7, 11) is -4.34. The van der Waals surface area contributed by atoms with E-state index >= 15 is 0 Å². The summed E-state index contributed by atoms with van der Waals surface area (Å²) in [6.07, 6.45) is -3.52. The van der Waals surface area contributed by atoms with E-state index in [1.54, 1.807) is 30.3 Å². The quantitative estimate of drug-likeness (QED) is 0.227. The fourth-order valence-corrected chi connectivity index (χ4v) is 4.89. The highest BCUT2D eigenvalue weighted by Gasteiger charge is 2.51. The summed E-state index contributed by atoms with van der Waals surface area (Å²) < 4.78 is 48.0. The first-order valence-corrected chi connectivity index (χ1v) is 12.6. The molecule has 15 heteroatoms. The number of esters is 2. The van der Waals surface area contributed by atoms with Gasteiger partial charge in [-0.15, -0.1) is 0 Å². The average molecular weight is 553 g/mol. The van der Waals surface area contributed by atoms with Gasteiger partial charge < -0.3 is 19.3 Å². The minimum Gasteiger partial charge on any atom is -0.478 e. The third-order valence-electron chi connectivity index (χ3n) is 5.16. The van der Waals surface area contributed by atoms with Crippen molar-refractivity contribution in [3.8, 4) is 0 Å². The van der Waals surface area contributed by atoms with Gasteiger partial charge in [-0.1, -0.05) is 30.3 Å². The maximum atomic E-state index is 12.9. The fourth-order valence-electron chi connectivity index (χ4n) is 3.65. The minimum absolute atomic E-state index is 0.269. The number of carboxylic acid groups (broad SMARTS) is 1. The normalized spacial score (nSPS) is 21.3. The van der Waals surface area contributed by atoms with Crippen LogP contribution in [0.15, 0.2) is 52.2 Å². The lowest BCUT2D eigenvalue weighted by Crippen LogP contribution is -2.43. The van der Waals surface area contributed by atoms with Crippen molar-refractivity contribution in [2.24, 2.45) is 0 Å². The first-order valence-electron chi connectivity index (χ1n) is 11.0. The molecule has 14 nitrogen and oxygen atoms in total. The van der Waals surface area contributed by atoms with Crippen molar-refractivity contribution in [2.75, 3.05) is 6.61 Å². The van der Waals surface area contributed by atoms with Gasteiger partial charge in [0.2, 0.25) is 0 Å². The highest BCUT2D eigenvalue weighted by atomic mass is 32.2. The number of benzene rings is 1. The van der Waals surface area contributed by atoms with Crippen LogP contribution in [0.5, 0.6) is 0 Å². The Bertz CT molecular complexity index is 1440. The number of aromatic amines is 1. The second-order valence-corrected chi connectivity index (χ2v) is 9.71. The lowest BCUT2D eigenvalue weighted by Gasteiger charge is -2.24. The molecule has 0 saturated carbocycles. The van der Waals surface area contributed by atoms with Gasteiger partial charge >= 0.3 is 23.6 Å².